The zero-order valence-corrected chi connectivity index (χ0v) is 13.3. The van der Waals surface area contributed by atoms with Gasteiger partial charge < -0.3 is 10.0 Å². The first kappa shape index (κ1) is 16.2. The third-order valence-electron chi connectivity index (χ3n) is 4.53. The van der Waals surface area contributed by atoms with Crippen molar-refractivity contribution in [1.82, 2.24) is 9.80 Å². The minimum Gasteiger partial charge on any atom is -0.481 e. The van der Waals surface area contributed by atoms with Crippen LogP contribution in [0.3, 0.4) is 0 Å². The number of carboxylic acids is 1. The van der Waals surface area contributed by atoms with Crippen LogP contribution in [0.1, 0.15) is 34.1 Å². The average molecular weight is 330 g/mol. The molecular weight excluding hydrogens is 312 g/mol. The lowest BCUT2D eigenvalue weighted by Crippen LogP contribution is -2.49. The van der Waals surface area contributed by atoms with Crippen LogP contribution in [0.5, 0.6) is 0 Å². The Morgan fingerprint density at radius 1 is 1.12 bits per heavy atom. The van der Waals surface area contributed by atoms with Gasteiger partial charge in [-0.05, 0) is 24.5 Å². The molecule has 0 bridgehead atoms. The predicted molar refractivity (Wildman–Crippen MR) is 83.3 cm³/mol. The van der Waals surface area contributed by atoms with Gasteiger partial charge in [-0.3, -0.25) is 24.1 Å². The van der Waals surface area contributed by atoms with E-state index in [0.29, 0.717) is 24.1 Å². The summed E-state index contributed by atoms with van der Waals surface area (Å²) in [4.78, 5) is 50.7. The Kier molecular flexibility index (Phi) is 4.09. The Balaban J connectivity index is 1.73. The van der Waals surface area contributed by atoms with Gasteiger partial charge in [0.2, 0.25) is 5.91 Å². The van der Waals surface area contributed by atoms with Crippen LogP contribution < -0.4 is 0 Å². The van der Waals surface area contributed by atoms with E-state index in [4.69, 9.17) is 0 Å². The molecule has 3 rings (SSSR count). The van der Waals surface area contributed by atoms with E-state index in [1.807, 2.05) is 6.92 Å². The van der Waals surface area contributed by atoms with Crippen LogP contribution in [0.25, 0.3) is 0 Å². The van der Waals surface area contributed by atoms with E-state index in [1.165, 1.54) is 4.90 Å². The normalized spacial score (nSPS) is 23.4. The number of rotatable bonds is 3. The largest absolute Gasteiger partial charge is 0.481 e. The van der Waals surface area contributed by atoms with E-state index in [9.17, 15) is 24.3 Å². The van der Waals surface area contributed by atoms with Crippen molar-refractivity contribution in [3.05, 3.63) is 35.4 Å². The number of piperidine rings is 1. The van der Waals surface area contributed by atoms with Crippen molar-refractivity contribution in [3.63, 3.8) is 0 Å². The topological polar surface area (TPSA) is 95.0 Å². The number of nitrogens with zero attached hydrogens (tertiary/aromatic N) is 2. The van der Waals surface area contributed by atoms with Gasteiger partial charge in [0, 0.05) is 13.1 Å². The van der Waals surface area contributed by atoms with E-state index in [0.717, 1.165) is 4.90 Å². The number of aliphatic carboxylic acids is 1. The summed E-state index contributed by atoms with van der Waals surface area (Å²) in [5, 5.41) is 9.19. The van der Waals surface area contributed by atoms with Crippen LogP contribution in [0, 0.1) is 11.8 Å². The van der Waals surface area contributed by atoms with E-state index in [1.54, 1.807) is 24.3 Å². The first-order valence-corrected chi connectivity index (χ1v) is 7.84. The van der Waals surface area contributed by atoms with E-state index < -0.39 is 29.6 Å². The number of imide groups is 1. The minimum absolute atomic E-state index is 0.0611. The summed E-state index contributed by atoms with van der Waals surface area (Å²) in [6, 6.07) is 6.45. The van der Waals surface area contributed by atoms with E-state index in [2.05, 4.69) is 0 Å². The second kappa shape index (κ2) is 6.07. The molecular formula is C17H18N2O5. The van der Waals surface area contributed by atoms with Gasteiger partial charge in [-0.25, -0.2) is 0 Å². The van der Waals surface area contributed by atoms with Crippen molar-refractivity contribution in [2.24, 2.45) is 11.8 Å². The van der Waals surface area contributed by atoms with Crippen molar-refractivity contribution in [2.75, 3.05) is 19.6 Å². The number of fused-ring (bicyclic) bond motifs is 1. The van der Waals surface area contributed by atoms with Crippen molar-refractivity contribution >= 4 is 23.7 Å². The van der Waals surface area contributed by atoms with Crippen LogP contribution in [0.15, 0.2) is 24.3 Å². The molecule has 7 nitrogen and oxygen atoms in total. The number of hydrogen-bond donors (Lipinski definition) is 1. The molecule has 1 N–H and O–H groups in total. The predicted octanol–water partition coefficient (Wildman–Crippen LogP) is 0.852. The molecule has 0 spiro atoms. The molecule has 2 unspecified atom stereocenters. The number of hydrogen-bond acceptors (Lipinski definition) is 4. The summed E-state index contributed by atoms with van der Waals surface area (Å²) in [5.74, 6) is -2.85. The molecule has 1 aromatic carbocycles. The van der Waals surface area contributed by atoms with Crippen molar-refractivity contribution < 1.29 is 24.3 Å². The standard InChI is InChI=1S/C17H18N2O5/c1-10-6-11(17(23)24)8-18(7-10)14(20)9-19-15(21)12-4-2-3-5-13(12)16(19)22/h2-5,10-11H,6-9H2,1H3,(H,23,24). The summed E-state index contributed by atoms with van der Waals surface area (Å²) in [7, 11) is 0. The Morgan fingerprint density at radius 3 is 2.25 bits per heavy atom. The van der Waals surface area contributed by atoms with E-state index >= 15 is 0 Å². The third kappa shape index (κ3) is 2.77. The number of likely N-dealkylation sites (tertiary alicyclic amines) is 1. The van der Waals surface area contributed by atoms with Crippen molar-refractivity contribution in [2.45, 2.75) is 13.3 Å². The number of carbonyl (C=O) groups is 4. The third-order valence-corrected chi connectivity index (χ3v) is 4.53. The Bertz CT molecular complexity index is 694. The minimum atomic E-state index is -0.930. The molecule has 126 valence electrons. The fraction of sp³-hybridized carbons (Fsp3) is 0.412. The molecule has 0 aromatic heterocycles. The zero-order chi connectivity index (χ0) is 17.4. The van der Waals surface area contributed by atoms with Gasteiger partial charge in [-0.2, -0.15) is 0 Å². The summed E-state index contributed by atoms with van der Waals surface area (Å²) < 4.78 is 0. The molecule has 0 radical (unpaired) electrons. The molecule has 1 saturated heterocycles. The fourth-order valence-electron chi connectivity index (χ4n) is 3.35. The highest BCUT2D eigenvalue weighted by molar-refractivity contribution is 6.22. The molecule has 2 aliphatic heterocycles. The molecule has 24 heavy (non-hydrogen) atoms. The van der Waals surface area contributed by atoms with Crippen LogP contribution in [-0.4, -0.2) is 58.2 Å². The monoisotopic (exact) mass is 330 g/mol. The maximum atomic E-state index is 12.5. The molecule has 0 aliphatic carbocycles. The smallest absolute Gasteiger partial charge is 0.308 e. The summed E-state index contributed by atoms with van der Waals surface area (Å²) in [5.41, 5.74) is 0.594. The van der Waals surface area contributed by atoms with Gasteiger partial charge in [0.15, 0.2) is 0 Å². The van der Waals surface area contributed by atoms with Gasteiger partial charge in [-0.1, -0.05) is 19.1 Å². The van der Waals surface area contributed by atoms with Gasteiger partial charge in [0.1, 0.15) is 6.54 Å². The molecule has 2 atom stereocenters. The summed E-state index contributed by atoms with van der Waals surface area (Å²) in [6.45, 7) is 2.08. The fourth-order valence-corrected chi connectivity index (χ4v) is 3.35. The van der Waals surface area contributed by atoms with Crippen molar-refractivity contribution in [3.8, 4) is 0 Å². The zero-order valence-electron chi connectivity index (χ0n) is 13.3. The Morgan fingerprint density at radius 2 is 1.71 bits per heavy atom. The number of carboxylic acid groups (broad SMARTS) is 1. The van der Waals surface area contributed by atoms with Gasteiger partial charge in [0.05, 0.1) is 17.0 Å². The molecule has 7 heteroatoms. The second-order valence-corrected chi connectivity index (χ2v) is 6.42. The van der Waals surface area contributed by atoms with E-state index in [-0.39, 0.29) is 19.0 Å². The number of amides is 3. The maximum Gasteiger partial charge on any atom is 0.308 e. The lowest BCUT2D eigenvalue weighted by molar-refractivity contribution is -0.147. The van der Waals surface area contributed by atoms with Gasteiger partial charge in [0.25, 0.3) is 11.8 Å². The first-order chi connectivity index (χ1) is 11.4. The second-order valence-electron chi connectivity index (χ2n) is 6.42. The molecule has 2 aliphatic rings. The molecule has 0 saturated carbocycles. The quantitative estimate of drug-likeness (QED) is 0.829. The number of benzene rings is 1. The molecule has 1 fully saturated rings. The average Bonchev–Trinajstić information content (AvgIpc) is 2.79. The SMILES string of the molecule is CC1CC(C(=O)O)CN(C(=O)CN2C(=O)c3ccccc3C2=O)C1. The van der Waals surface area contributed by atoms with Gasteiger partial charge >= 0.3 is 5.97 Å². The van der Waals surface area contributed by atoms with Crippen molar-refractivity contribution in [1.29, 1.82) is 0 Å². The molecule has 2 heterocycles. The van der Waals surface area contributed by atoms with Crippen LogP contribution in [-0.2, 0) is 9.59 Å². The number of carbonyl (C=O) groups excluding carboxylic acids is 3. The Labute approximate surface area is 138 Å². The van der Waals surface area contributed by atoms with Crippen LogP contribution >= 0.6 is 0 Å². The summed E-state index contributed by atoms with van der Waals surface area (Å²) in [6.07, 6.45) is 0.520. The summed E-state index contributed by atoms with van der Waals surface area (Å²) >= 11 is 0. The first-order valence-electron chi connectivity index (χ1n) is 7.84. The Hall–Kier alpha value is -2.70. The van der Waals surface area contributed by atoms with Crippen LogP contribution in [0.4, 0.5) is 0 Å². The van der Waals surface area contributed by atoms with Crippen LogP contribution in [0.2, 0.25) is 0 Å². The lowest BCUT2D eigenvalue weighted by atomic mass is 9.90. The highest BCUT2D eigenvalue weighted by atomic mass is 16.4. The maximum absolute atomic E-state index is 12.5. The molecule has 1 aromatic rings. The molecule has 3 amide bonds. The lowest BCUT2D eigenvalue weighted by Gasteiger charge is -2.35. The highest BCUT2D eigenvalue weighted by Gasteiger charge is 2.38. The van der Waals surface area contributed by atoms with Gasteiger partial charge in [-0.15, -0.1) is 0 Å². The highest BCUT2D eigenvalue weighted by Crippen LogP contribution is 2.24.